The molecule has 0 saturated carbocycles. The molecule has 4 rings (SSSR count). The fourth-order valence-corrected chi connectivity index (χ4v) is 4.07. The second-order valence-corrected chi connectivity index (χ2v) is 8.31. The zero-order chi connectivity index (χ0) is 25.8. The van der Waals surface area contributed by atoms with Crippen molar-refractivity contribution in [2.75, 3.05) is 0 Å². The molecule has 1 aliphatic rings. The van der Waals surface area contributed by atoms with Crippen LogP contribution in [0, 0.1) is 5.82 Å². The van der Waals surface area contributed by atoms with E-state index in [4.69, 9.17) is 27.2 Å². The van der Waals surface area contributed by atoms with E-state index in [1.165, 1.54) is 11.6 Å². The molecule has 4 N–H and O–H groups in total. The van der Waals surface area contributed by atoms with Crippen LogP contribution in [0.4, 0.5) is 17.6 Å². The molecule has 1 amide bonds. The summed E-state index contributed by atoms with van der Waals surface area (Å²) in [6.45, 7) is 0.733. The SMILES string of the molecule is NC(=O)c1cccc(-c2ccc(CN[C@@H]3Cc4ccc(F)cc4C3)cc2)c1Cl.O=C(O)C(F)(F)F. The normalized spacial score (nSPS) is 14.6. The van der Waals surface area contributed by atoms with E-state index in [1.54, 1.807) is 18.2 Å². The number of benzene rings is 3. The quantitative estimate of drug-likeness (QED) is 0.416. The van der Waals surface area contributed by atoms with Gasteiger partial charge in [-0.05, 0) is 53.3 Å². The number of carboxylic acid groups (broad SMARTS) is 1. The van der Waals surface area contributed by atoms with Gasteiger partial charge in [-0.25, -0.2) is 9.18 Å². The van der Waals surface area contributed by atoms with Gasteiger partial charge in [-0.2, -0.15) is 13.2 Å². The maximum Gasteiger partial charge on any atom is 0.490 e. The highest BCUT2D eigenvalue weighted by atomic mass is 35.5. The molecule has 0 aromatic heterocycles. The molecule has 3 aromatic rings. The van der Waals surface area contributed by atoms with Gasteiger partial charge in [0.15, 0.2) is 0 Å². The number of carbonyl (C=O) groups is 2. The lowest BCUT2D eigenvalue weighted by atomic mass is 10.0. The van der Waals surface area contributed by atoms with Gasteiger partial charge in [0.2, 0.25) is 5.91 Å². The summed E-state index contributed by atoms with van der Waals surface area (Å²) in [5, 5.41) is 11.0. The lowest BCUT2D eigenvalue weighted by molar-refractivity contribution is -0.192. The maximum absolute atomic E-state index is 13.4. The zero-order valence-corrected chi connectivity index (χ0v) is 19.0. The average Bonchev–Trinajstić information content (AvgIpc) is 3.20. The number of aliphatic carboxylic acids is 1. The first-order valence-corrected chi connectivity index (χ1v) is 10.8. The van der Waals surface area contributed by atoms with Gasteiger partial charge in [-0.1, -0.05) is 54.1 Å². The number of hydrogen-bond acceptors (Lipinski definition) is 3. The van der Waals surface area contributed by atoms with E-state index < -0.39 is 18.1 Å². The first-order valence-electron chi connectivity index (χ1n) is 10.4. The fourth-order valence-electron chi connectivity index (χ4n) is 3.74. The standard InChI is InChI=1S/C23H20ClFN2O.C2HF3O2/c24-22-20(2-1-3-21(22)23(26)28)15-6-4-14(5-7-15)13-27-19-11-16-8-9-18(25)10-17(16)12-19;3-2(4,5)1(6)7/h1-10,19,27H,11-13H2,(H2,26,28);(H,6,7)/t19-;/m1./s1. The van der Waals surface area contributed by atoms with Crippen molar-refractivity contribution >= 4 is 23.5 Å². The highest BCUT2D eigenvalue weighted by Gasteiger charge is 2.38. The number of alkyl halides is 3. The van der Waals surface area contributed by atoms with Crippen LogP contribution in [0.25, 0.3) is 11.1 Å². The van der Waals surface area contributed by atoms with Crippen molar-refractivity contribution in [3.05, 3.63) is 93.8 Å². The Morgan fingerprint density at radius 2 is 1.66 bits per heavy atom. The van der Waals surface area contributed by atoms with Crippen LogP contribution in [0.1, 0.15) is 27.0 Å². The molecule has 35 heavy (non-hydrogen) atoms. The van der Waals surface area contributed by atoms with Crippen LogP contribution in [0.5, 0.6) is 0 Å². The van der Waals surface area contributed by atoms with Crippen LogP contribution in [0.3, 0.4) is 0 Å². The molecule has 0 bridgehead atoms. The number of amides is 1. The molecular weight excluding hydrogens is 488 g/mol. The van der Waals surface area contributed by atoms with Crippen molar-refractivity contribution in [3.8, 4) is 11.1 Å². The molecule has 0 heterocycles. The molecule has 0 spiro atoms. The number of rotatable bonds is 5. The summed E-state index contributed by atoms with van der Waals surface area (Å²) >= 11 is 6.34. The number of halogens is 5. The van der Waals surface area contributed by atoms with Gasteiger partial charge in [0.05, 0.1) is 10.6 Å². The van der Waals surface area contributed by atoms with E-state index in [0.29, 0.717) is 16.6 Å². The summed E-state index contributed by atoms with van der Waals surface area (Å²) < 4.78 is 45.1. The number of fused-ring (bicyclic) bond motifs is 1. The summed E-state index contributed by atoms with van der Waals surface area (Å²) in [5.74, 6) is -3.47. The van der Waals surface area contributed by atoms with Crippen LogP contribution in [0.15, 0.2) is 60.7 Å². The monoisotopic (exact) mass is 508 g/mol. The number of primary amides is 1. The van der Waals surface area contributed by atoms with Crippen molar-refractivity contribution in [1.29, 1.82) is 0 Å². The van der Waals surface area contributed by atoms with Gasteiger partial charge in [0, 0.05) is 18.2 Å². The summed E-state index contributed by atoms with van der Waals surface area (Å²) in [6.07, 6.45) is -3.32. The molecular formula is C25H21ClF4N2O3. The number of nitrogens with two attached hydrogens (primary N) is 1. The van der Waals surface area contributed by atoms with E-state index in [1.807, 2.05) is 36.4 Å². The largest absolute Gasteiger partial charge is 0.490 e. The van der Waals surface area contributed by atoms with Crippen LogP contribution < -0.4 is 11.1 Å². The maximum atomic E-state index is 13.4. The zero-order valence-electron chi connectivity index (χ0n) is 18.2. The Morgan fingerprint density at radius 3 is 2.26 bits per heavy atom. The smallest absolute Gasteiger partial charge is 0.475 e. The summed E-state index contributed by atoms with van der Waals surface area (Å²) in [6, 6.07) is 18.7. The topological polar surface area (TPSA) is 92.4 Å². The number of nitrogens with one attached hydrogen (secondary N) is 1. The fraction of sp³-hybridized carbons (Fsp3) is 0.200. The molecule has 0 aliphatic heterocycles. The molecule has 0 radical (unpaired) electrons. The van der Waals surface area contributed by atoms with Gasteiger partial charge in [-0.3, -0.25) is 4.79 Å². The van der Waals surface area contributed by atoms with Crippen molar-refractivity contribution < 1.29 is 32.3 Å². The Hall–Kier alpha value is -3.43. The Bertz CT molecular complexity index is 1230. The first-order chi connectivity index (χ1) is 16.5. The molecule has 0 saturated heterocycles. The van der Waals surface area contributed by atoms with E-state index in [9.17, 15) is 22.4 Å². The van der Waals surface area contributed by atoms with Crippen LogP contribution in [0.2, 0.25) is 5.02 Å². The molecule has 0 unspecified atom stereocenters. The Balaban J connectivity index is 0.000000429. The third-order valence-corrected chi connectivity index (χ3v) is 5.87. The molecule has 0 fully saturated rings. The molecule has 184 valence electrons. The second kappa shape index (κ2) is 10.9. The van der Waals surface area contributed by atoms with Crippen molar-refractivity contribution in [2.24, 2.45) is 5.73 Å². The molecule has 3 aromatic carbocycles. The average molecular weight is 509 g/mol. The second-order valence-electron chi connectivity index (χ2n) is 7.93. The lowest BCUT2D eigenvalue weighted by Crippen LogP contribution is -2.28. The number of carbonyl (C=O) groups excluding carboxylic acids is 1. The van der Waals surface area contributed by atoms with Gasteiger partial charge in [0.25, 0.3) is 0 Å². The van der Waals surface area contributed by atoms with Gasteiger partial charge in [-0.15, -0.1) is 0 Å². The third kappa shape index (κ3) is 6.80. The molecule has 10 heteroatoms. The molecule has 5 nitrogen and oxygen atoms in total. The van der Waals surface area contributed by atoms with Crippen LogP contribution >= 0.6 is 11.6 Å². The highest BCUT2D eigenvalue weighted by molar-refractivity contribution is 6.36. The van der Waals surface area contributed by atoms with Crippen molar-refractivity contribution in [1.82, 2.24) is 5.32 Å². The third-order valence-electron chi connectivity index (χ3n) is 5.47. The van der Waals surface area contributed by atoms with Gasteiger partial charge < -0.3 is 16.2 Å². The van der Waals surface area contributed by atoms with E-state index in [-0.39, 0.29) is 5.82 Å². The van der Waals surface area contributed by atoms with Crippen LogP contribution in [-0.2, 0) is 24.2 Å². The van der Waals surface area contributed by atoms with Gasteiger partial charge >= 0.3 is 12.1 Å². The minimum Gasteiger partial charge on any atom is -0.475 e. The highest BCUT2D eigenvalue weighted by Crippen LogP contribution is 2.31. The predicted octanol–water partition coefficient (Wildman–Crippen LogP) is 5.14. The number of hydrogen-bond donors (Lipinski definition) is 3. The summed E-state index contributed by atoms with van der Waals surface area (Å²) in [7, 11) is 0. The van der Waals surface area contributed by atoms with E-state index >= 15 is 0 Å². The summed E-state index contributed by atoms with van der Waals surface area (Å²) in [4.78, 5) is 20.4. The van der Waals surface area contributed by atoms with Gasteiger partial charge in [0.1, 0.15) is 5.82 Å². The van der Waals surface area contributed by atoms with Crippen molar-refractivity contribution in [3.63, 3.8) is 0 Å². The van der Waals surface area contributed by atoms with E-state index in [0.717, 1.165) is 41.6 Å². The predicted molar refractivity (Wildman–Crippen MR) is 124 cm³/mol. The number of carboxylic acids is 1. The van der Waals surface area contributed by atoms with Crippen molar-refractivity contribution in [2.45, 2.75) is 31.6 Å². The lowest BCUT2D eigenvalue weighted by Gasteiger charge is -2.13. The Morgan fingerprint density at radius 1 is 1.03 bits per heavy atom. The minimum absolute atomic E-state index is 0.172. The minimum atomic E-state index is -5.08. The summed E-state index contributed by atoms with van der Waals surface area (Å²) in [5.41, 5.74) is 10.9. The Labute approximate surface area is 203 Å². The molecule has 1 aliphatic carbocycles. The van der Waals surface area contributed by atoms with E-state index in [2.05, 4.69) is 5.32 Å². The molecule has 1 atom stereocenters. The Kier molecular flexibility index (Phi) is 8.14. The van der Waals surface area contributed by atoms with Crippen LogP contribution in [-0.4, -0.2) is 29.2 Å². The first kappa shape index (κ1) is 26.2.